The van der Waals surface area contributed by atoms with Crippen molar-refractivity contribution in [3.05, 3.63) is 82.9 Å². The lowest BCUT2D eigenvalue weighted by Crippen LogP contribution is -2.50. The predicted octanol–water partition coefficient (Wildman–Crippen LogP) is 7.10. The number of nitrogens with zero attached hydrogens (tertiary/aromatic N) is 1. The highest BCUT2D eigenvalue weighted by Crippen LogP contribution is 2.59. The quantitative estimate of drug-likeness (QED) is 0.432. The summed E-state index contributed by atoms with van der Waals surface area (Å²) in [5, 5.41) is 6.96. The fraction of sp³-hybridized carbons (Fsp3) is 0.400. The molecule has 176 valence electrons. The van der Waals surface area contributed by atoms with Crippen molar-refractivity contribution >= 4 is 11.4 Å². The van der Waals surface area contributed by atoms with E-state index in [4.69, 9.17) is 4.74 Å². The number of hydrogen-bond acceptors (Lipinski definition) is 4. The van der Waals surface area contributed by atoms with E-state index in [1.54, 1.807) is 0 Å². The van der Waals surface area contributed by atoms with Crippen LogP contribution in [0.15, 0.2) is 60.7 Å². The average Bonchev–Trinajstić information content (AvgIpc) is 3.20. The molecule has 0 bridgehead atoms. The van der Waals surface area contributed by atoms with E-state index >= 15 is 0 Å². The maximum absolute atomic E-state index is 6.68. The molecule has 1 fully saturated rings. The van der Waals surface area contributed by atoms with E-state index in [2.05, 4.69) is 90.0 Å². The first-order chi connectivity index (χ1) is 16.8. The third-order valence-corrected chi connectivity index (χ3v) is 7.92. The highest BCUT2D eigenvalue weighted by molar-refractivity contribution is 5.70. The molecule has 0 unspecified atom stereocenters. The number of rotatable bonds is 5. The van der Waals surface area contributed by atoms with Crippen LogP contribution >= 0.6 is 0 Å². The van der Waals surface area contributed by atoms with Crippen LogP contribution in [0.1, 0.15) is 68.2 Å². The fourth-order valence-corrected chi connectivity index (χ4v) is 6.57. The van der Waals surface area contributed by atoms with Gasteiger partial charge in [0, 0.05) is 60.3 Å². The molecule has 2 heterocycles. The summed E-state index contributed by atoms with van der Waals surface area (Å²) in [5.74, 6) is 1.94. The largest absolute Gasteiger partial charge is 0.456 e. The van der Waals surface area contributed by atoms with Gasteiger partial charge >= 0.3 is 0 Å². The third kappa shape index (κ3) is 3.23. The zero-order chi connectivity index (χ0) is 23.1. The average molecular weight is 454 g/mol. The Balaban J connectivity index is 1.62. The van der Waals surface area contributed by atoms with E-state index in [9.17, 15) is 0 Å². The molecule has 4 nitrogen and oxygen atoms in total. The number of nitrogens with one attached hydrogen (secondary N) is 2. The summed E-state index contributed by atoms with van der Waals surface area (Å²) in [5.41, 5.74) is 7.30. The monoisotopic (exact) mass is 453 g/mol. The molecule has 0 atom stereocenters. The molecule has 34 heavy (non-hydrogen) atoms. The van der Waals surface area contributed by atoms with Crippen LogP contribution in [-0.2, 0) is 12.1 Å². The van der Waals surface area contributed by atoms with E-state index < -0.39 is 0 Å². The highest BCUT2D eigenvalue weighted by atomic mass is 16.5. The van der Waals surface area contributed by atoms with E-state index in [1.165, 1.54) is 54.4 Å². The Hall–Kier alpha value is -2.98. The van der Waals surface area contributed by atoms with Gasteiger partial charge in [-0.15, -0.1) is 0 Å². The second kappa shape index (κ2) is 8.66. The lowest BCUT2D eigenvalue weighted by Gasteiger charge is -2.48. The summed E-state index contributed by atoms with van der Waals surface area (Å²) in [4.78, 5) is 2.82. The van der Waals surface area contributed by atoms with Gasteiger partial charge in [-0.05, 0) is 49.9 Å². The van der Waals surface area contributed by atoms with Gasteiger partial charge in [-0.3, -0.25) is 4.90 Å². The van der Waals surface area contributed by atoms with Crippen LogP contribution in [0.5, 0.6) is 11.5 Å². The van der Waals surface area contributed by atoms with Crippen molar-refractivity contribution < 1.29 is 4.74 Å². The topological polar surface area (TPSA) is 36.5 Å². The Labute approximate surface area is 203 Å². The van der Waals surface area contributed by atoms with Crippen LogP contribution in [0.25, 0.3) is 0 Å². The zero-order valence-electron chi connectivity index (χ0n) is 20.4. The maximum Gasteiger partial charge on any atom is 0.135 e. The van der Waals surface area contributed by atoms with Crippen LogP contribution in [0.4, 0.5) is 11.4 Å². The van der Waals surface area contributed by atoms with Crippen molar-refractivity contribution in [3.63, 3.8) is 0 Å². The number of hydrogen-bond donors (Lipinski definition) is 2. The van der Waals surface area contributed by atoms with Gasteiger partial charge in [0.25, 0.3) is 0 Å². The number of fused-ring (bicyclic) bond motifs is 6. The van der Waals surface area contributed by atoms with Crippen molar-refractivity contribution in [2.24, 2.45) is 0 Å². The molecule has 6 rings (SSSR count). The molecule has 1 aliphatic carbocycles. The summed E-state index contributed by atoms with van der Waals surface area (Å²) in [6.45, 7) is 7.05. The first-order valence-corrected chi connectivity index (χ1v) is 13.1. The Morgan fingerprint density at radius 2 is 1.41 bits per heavy atom. The standard InChI is InChI=1S/C30H35N3O/c1-3-31-22-14-16-26-28(18-22)34-29-19-23(32-4-2)15-17-27(29)30(26)25-13-9-8-10-21(25)20-33(30)24-11-6-5-7-12-24/h8-10,13-19,24,31-32H,3-7,11-12,20H2,1-2H3. The molecule has 4 heteroatoms. The third-order valence-electron chi connectivity index (χ3n) is 7.92. The lowest BCUT2D eigenvalue weighted by atomic mass is 9.73. The Morgan fingerprint density at radius 1 is 0.794 bits per heavy atom. The summed E-state index contributed by atoms with van der Waals surface area (Å²) in [7, 11) is 0. The summed E-state index contributed by atoms with van der Waals surface area (Å²) in [6.07, 6.45) is 6.54. The van der Waals surface area contributed by atoms with Crippen LogP contribution in [0, 0.1) is 0 Å². The fourth-order valence-electron chi connectivity index (χ4n) is 6.57. The number of ether oxygens (including phenoxy) is 1. The molecule has 0 aromatic heterocycles. The highest BCUT2D eigenvalue weighted by Gasteiger charge is 2.54. The van der Waals surface area contributed by atoms with Gasteiger partial charge in [-0.2, -0.15) is 0 Å². The molecule has 3 aromatic carbocycles. The van der Waals surface area contributed by atoms with Gasteiger partial charge in [0.1, 0.15) is 17.0 Å². The maximum atomic E-state index is 6.68. The van der Waals surface area contributed by atoms with Crippen molar-refractivity contribution in [1.29, 1.82) is 0 Å². The molecule has 2 N–H and O–H groups in total. The van der Waals surface area contributed by atoms with E-state index in [1.807, 2.05) is 0 Å². The molecule has 0 saturated heterocycles. The molecule has 1 spiro atoms. The zero-order valence-corrected chi connectivity index (χ0v) is 20.4. The van der Waals surface area contributed by atoms with Crippen molar-refractivity contribution in [1.82, 2.24) is 4.90 Å². The van der Waals surface area contributed by atoms with Gasteiger partial charge in [0.15, 0.2) is 0 Å². The normalized spacial score (nSPS) is 18.6. The summed E-state index contributed by atoms with van der Waals surface area (Å²) in [6, 6.07) is 23.1. The van der Waals surface area contributed by atoms with Crippen LogP contribution in [-0.4, -0.2) is 24.0 Å². The van der Waals surface area contributed by atoms with Gasteiger partial charge in [-0.1, -0.05) is 55.7 Å². The molecule has 3 aliphatic rings. The summed E-state index contributed by atoms with van der Waals surface area (Å²) < 4.78 is 6.68. The van der Waals surface area contributed by atoms with Crippen LogP contribution < -0.4 is 15.4 Å². The van der Waals surface area contributed by atoms with Crippen molar-refractivity contribution in [2.75, 3.05) is 23.7 Å². The van der Waals surface area contributed by atoms with Crippen LogP contribution in [0.3, 0.4) is 0 Å². The van der Waals surface area contributed by atoms with E-state index in [0.717, 1.165) is 42.5 Å². The minimum absolute atomic E-state index is 0.322. The van der Waals surface area contributed by atoms with Gasteiger partial charge < -0.3 is 15.4 Å². The molecule has 3 aromatic rings. The second-order valence-corrected chi connectivity index (χ2v) is 9.87. The smallest absolute Gasteiger partial charge is 0.135 e. The SMILES string of the molecule is CCNc1ccc2c(c1)Oc1cc(NCC)ccc1C21c2ccccc2CN1C1CCCCC1. The first kappa shape index (κ1) is 21.5. The minimum Gasteiger partial charge on any atom is -0.456 e. The number of anilines is 2. The molecular formula is C30H35N3O. The van der Waals surface area contributed by atoms with Gasteiger partial charge in [0.05, 0.1) is 0 Å². The van der Waals surface area contributed by atoms with Crippen molar-refractivity contribution in [3.8, 4) is 11.5 Å². The minimum atomic E-state index is -0.322. The molecule has 2 aliphatic heterocycles. The second-order valence-electron chi connectivity index (χ2n) is 9.87. The molecule has 0 radical (unpaired) electrons. The number of benzene rings is 3. The summed E-state index contributed by atoms with van der Waals surface area (Å²) >= 11 is 0. The molecule has 0 amide bonds. The Morgan fingerprint density at radius 3 is 2.03 bits per heavy atom. The molecular weight excluding hydrogens is 418 g/mol. The lowest BCUT2D eigenvalue weighted by molar-refractivity contribution is 0.0788. The van der Waals surface area contributed by atoms with E-state index in [0.29, 0.717) is 6.04 Å². The first-order valence-electron chi connectivity index (χ1n) is 13.1. The predicted molar refractivity (Wildman–Crippen MR) is 140 cm³/mol. The van der Waals surface area contributed by atoms with Gasteiger partial charge in [0.2, 0.25) is 0 Å². The van der Waals surface area contributed by atoms with Gasteiger partial charge in [-0.25, -0.2) is 0 Å². The van der Waals surface area contributed by atoms with E-state index in [-0.39, 0.29) is 5.54 Å². The molecule has 1 saturated carbocycles. The van der Waals surface area contributed by atoms with Crippen molar-refractivity contribution in [2.45, 2.75) is 64.1 Å². The van der Waals surface area contributed by atoms with Crippen LogP contribution in [0.2, 0.25) is 0 Å². The Kier molecular flexibility index (Phi) is 5.49. The Bertz CT molecular complexity index is 1140.